The summed E-state index contributed by atoms with van der Waals surface area (Å²) in [5.41, 5.74) is 0.970. The molecule has 1 heterocycles. The molecular weight excluding hydrogens is 258 g/mol. The smallest absolute Gasteiger partial charge is 0.317 e. The molecule has 1 aromatic rings. The number of nitrogens with one attached hydrogen (secondary N) is 1. The van der Waals surface area contributed by atoms with Crippen LogP contribution in [0.3, 0.4) is 0 Å². The number of hydrogen-bond acceptors (Lipinski definition) is 3. The quantitative estimate of drug-likeness (QED) is 0.925. The lowest BCUT2D eigenvalue weighted by molar-refractivity contribution is 0.195. The largest absolute Gasteiger partial charge is 0.335 e. The lowest BCUT2D eigenvalue weighted by Crippen LogP contribution is -2.44. The van der Waals surface area contributed by atoms with Crippen LogP contribution in [0.25, 0.3) is 0 Å². The number of aryl methyl sites for hydroxylation is 1. The number of carbonyl (C=O) groups excluding carboxylic acids is 1. The van der Waals surface area contributed by atoms with Crippen LogP contribution in [0.5, 0.6) is 0 Å². The van der Waals surface area contributed by atoms with Gasteiger partial charge in [0.25, 0.3) is 0 Å². The van der Waals surface area contributed by atoms with E-state index in [4.69, 9.17) is 0 Å². The van der Waals surface area contributed by atoms with Crippen molar-refractivity contribution in [2.75, 3.05) is 7.05 Å². The highest BCUT2D eigenvalue weighted by atomic mass is 32.1. The summed E-state index contributed by atoms with van der Waals surface area (Å²) in [6, 6.07) is 0.369. The molecule has 0 aromatic carbocycles. The molecule has 0 bridgehead atoms. The second kappa shape index (κ2) is 6.37. The summed E-state index contributed by atoms with van der Waals surface area (Å²) < 4.78 is 0. The predicted octanol–water partition coefficient (Wildman–Crippen LogP) is 3.17. The lowest BCUT2D eigenvalue weighted by atomic mass is 9.87. The normalized spacial score (nSPS) is 23.1. The zero-order valence-corrected chi connectivity index (χ0v) is 12.8. The third-order valence-electron chi connectivity index (χ3n) is 3.76. The average Bonchev–Trinajstić information content (AvgIpc) is 2.77. The molecule has 1 N–H and O–H groups in total. The minimum atomic E-state index is 0.0187. The van der Waals surface area contributed by atoms with Crippen LogP contribution in [0.4, 0.5) is 4.79 Å². The van der Waals surface area contributed by atoms with Crippen LogP contribution in [-0.2, 0) is 6.54 Å². The summed E-state index contributed by atoms with van der Waals surface area (Å²) in [6.45, 7) is 4.85. The summed E-state index contributed by atoms with van der Waals surface area (Å²) in [5, 5.41) is 6.19. The fraction of sp³-hybridized carbons (Fsp3) is 0.714. The highest BCUT2D eigenvalue weighted by Gasteiger charge is 2.21. The monoisotopic (exact) mass is 281 g/mol. The Bertz CT molecular complexity index is 424. The van der Waals surface area contributed by atoms with E-state index < -0.39 is 0 Å². The Morgan fingerprint density at radius 1 is 1.47 bits per heavy atom. The van der Waals surface area contributed by atoms with Crippen LogP contribution in [-0.4, -0.2) is 29.0 Å². The van der Waals surface area contributed by atoms with Gasteiger partial charge in [0.05, 0.1) is 17.2 Å². The Labute approximate surface area is 119 Å². The highest BCUT2D eigenvalue weighted by molar-refractivity contribution is 7.09. The van der Waals surface area contributed by atoms with E-state index >= 15 is 0 Å². The molecule has 1 fully saturated rings. The minimum Gasteiger partial charge on any atom is -0.335 e. The summed E-state index contributed by atoms with van der Waals surface area (Å²) in [6.07, 6.45) is 4.66. The van der Waals surface area contributed by atoms with E-state index in [9.17, 15) is 4.79 Å². The zero-order chi connectivity index (χ0) is 13.8. The molecule has 106 valence electrons. The molecule has 0 atom stereocenters. The molecule has 2 amide bonds. The Balaban J connectivity index is 1.79. The van der Waals surface area contributed by atoms with Crippen molar-refractivity contribution in [3.05, 3.63) is 16.1 Å². The molecule has 0 aliphatic heterocycles. The van der Waals surface area contributed by atoms with Crippen molar-refractivity contribution in [1.29, 1.82) is 0 Å². The van der Waals surface area contributed by atoms with E-state index in [-0.39, 0.29) is 6.03 Å². The van der Waals surface area contributed by atoms with Crippen LogP contribution >= 0.6 is 11.3 Å². The highest BCUT2D eigenvalue weighted by Crippen LogP contribution is 2.23. The SMILES string of the molecule is Cc1nc(CN(C)C(=O)NC2CCC(C)CC2)cs1. The maximum absolute atomic E-state index is 12.1. The third-order valence-corrected chi connectivity index (χ3v) is 4.58. The predicted molar refractivity (Wildman–Crippen MR) is 78.3 cm³/mol. The number of nitrogens with zero attached hydrogens (tertiary/aromatic N) is 2. The first-order valence-corrected chi connectivity index (χ1v) is 7.85. The zero-order valence-electron chi connectivity index (χ0n) is 12.0. The molecule has 1 aliphatic rings. The van der Waals surface area contributed by atoms with Gasteiger partial charge in [0.1, 0.15) is 0 Å². The van der Waals surface area contributed by atoms with Gasteiger partial charge in [-0.3, -0.25) is 0 Å². The van der Waals surface area contributed by atoms with Crippen LogP contribution in [0.2, 0.25) is 0 Å². The third kappa shape index (κ3) is 4.20. The molecule has 1 saturated carbocycles. The maximum atomic E-state index is 12.1. The molecule has 2 rings (SSSR count). The van der Waals surface area contributed by atoms with Gasteiger partial charge in [0.15, 0.2) is 0 Å². The molecule has 0 radical (unpaired) electrons. The van der Waals surface area contributed by atoms with E-state index in [1.54, 1.807) is 16.2 Å². The Morgan fingerprint density at radius 2 is 2.16 bits per heavy atom. The van der Waals surface area contributed by atoms with Crippen molar-refractivity contribution in [2.24, 2.45) is 5.92 Å². The van der Waals surface area contributed by atoms with Gasteiger partial charge in [-0.25, -0.2) is 9.78 Å². The van der Waals surface area contributed by atoms with Crippen LogP contribution in [0, 0.1) is 12.8 Å². The van der Waals surface area contributed by atoms with Crippen molar-refractivity contribution in [2.45, 2.75) is 52.1 Å². The van der Waals surface area contributed by atoms with Crippen LogP contribution < -0.4 is 5.32 Å². The van der Waals surface area contributed by atoms with E-state index in [1.807, 2.05) is 19.4 Å². The number of amides is 2. The van der Waals surface area contributed by atoms with Gasteiger partial charge in [0, 0.05) is 18.5 Å². The fourth-order valence-corrected chi connectivity index (χ4v) is 3.09. The molecule has 0 spiro atoms. The van der Waals surface area contributed by atoms with Gasteiger partial charge < -0.3 is 10.2 Å². The lowest BCUT2D eigenvalue weighted by Gasteiger charge is -2.28. The van der Waals surface area contributed by atoms with Crippen molar-refractivity contribution in [3.8, 4) is 0 Å². The van der Waals surface area contributed by atoms with Gasteiger partial charge in [-0.2, -0.15) is 0 Å². The first-order valence-electron chi connectivity index (χ1n) is 6.97. The first-order chi connectivity index (χ1) is 9.04. The molecule has 1 aromatic heterocycles. The summed E-state index contributed by atoms with van der Waals surface area (Å²) in [5.74, 6) is 0.809. The number of carbonyl (C=O) groups is 1. The molecule has 0 saturated heterocycles. The van der Waals surface area contributed by atoms with Crippen molar-refractivity contribution < 1.29 is 4.79 Å². The minimum absolute atomic E-state index is 0.0187. The first kappa shape index (κ1) is 14.3. The number of rotatable bonds is 3. The summed E-state index contributed by atoms with van der Waals surface area (Å²) in [4.78, 5) is 18.2. The van der Waals surface area contributed by atoms with Crippen molar-refractivity contribution >= 4 is 17.4 Å². The van der Waals surface area contributed by atoms with E-state index in [0.29, 0.717) is 12.6 Å². The van der Waals surface area contributed by atoms with Crippen LogP contribution in [0.1, 0.15) is 43.3 Å². The molecule has 1 aliphatic carbocycles. The molecular formula is C14H23N3OS. The van der Waals surface area contributed by atoms with Gasteiger partial charge in [-0.1, -0.05) is 6.92 Å². The number of aromatic nitrogens is 1. The molecule has 4 nitrogen and oxygen atoms in total. The molecule has 19 heavy (non-hydrogen) atoms. The second-order valence-electron chi connectivity index (χ2n) is 5.62. The topological polar surface area (TPSA) is 45.2 Å². The van der Waals surface area contributed by atoms with Crippen LogP contribution in [0.15, 0.2) is 5.38 Å². The summed E-state index contributed by atoms with van der Waals surface area (Å²) >= 11 is 1.62. The van der Waals surface area contributed by atoms with Gasteiger partial charge in [-0.15, -0.1) is 11.3 Å². The van der Waals surface area contributed by atoms with Crippen molar-refractivity contribution in [1.82, 2.24) is 15.2 Å². The number of hydrogen-bond donors (Lipinski definition) is 1. The number of thiazole rings is 1. The van der Waals surface area contributed by atoms with Crippen molar-refractivity contribution in [3.63, 3.8) is 0 Å². The standard InChI is InChI=1S/C14H23N3OS/c1-10-4-6-12(7-5-10)16-14(18)17(3)8-13-9-19-11(2)15-13/h9-10,12H,4-8H2,1-3H3,(H,16,18). The molecule has 0 unspecified atom stereocenters. The fourth-order valence-electron chi connectivity index (χ4n) is 2.48. The number of urea groups is 1. The van der Waals surface area contributed by atoms with Gasteiger partial charge >= 0.3 is 6.03 Å². The Morgan fingerprint density at radius 3 is 2.74 bits per heavy atom. The van der Waals surface area contributed by atoms with E-state index in [2.05, 4.69) is 17.2 Å². The van der Waals surface area contributed by atoms with E-state index in [0.717, 1.165) is 29.5 Å². The Kier molecular flexibility index (Phi) is 4.80. The summed E-state index contributed by atoms with van der Waals surface area (Å²) in [7, 11) is 1.83. The van der Waals surface area contributed by atoms with E-state index in [1.165, 1.54) is 12.8 Å². The average molecular weight is 281 g/mol. The Hall–Kier alpha value is -1.10. The van der Waals surface area contributed by atoms with Gasteiger partial charge in [-0.05, 0) is 38.5 Å². The van der Waals surface area contributed by atoms with Gasteiger partial charge in [0.2, 0.25) is 0 Å². The second-order valence-corrected chi connectivity index (χ2v) is 6.68. The maximum Gasteiger partial charge on any atom is 0.317 e. The molecule has 5 heteroatoms.